The van der Waals surface area contributed by atoms with Crippen LogP contribution in [0.5, 0.6) is 0 Å². The second kappa shape index (κ2) is 7.43. The zero-order valence-electron chi connectivity index (χ0n) is 9.62. The number of imidazole rings is 1. The summed E-state index contributed by atoms with van der Waals surface area (Å²) in [4.78, 5) is 7.37. The van der Waals surface area contributed by atoms with Crippen LogP contribution in [0.1, 0.15) is 38.6 Å². The lowest BCUT2D eigenvalue weighted by Gasteiger charge is -2.16. The van der Waals surface area contributed by atoms with Crippen molar-refractivity contribution >= 4 is 0 Å². The number of nitrogens with zero attached hydrogens (tertiary/aromatic N) is 1. The molecule has 0 aliphatic rings. The number of aromatic nitrogens is 2. The number of hydrogen-bond acceptors (Lipinski definition) is 3. The fraction of sp³-hybridized carbons (Fsp3) is 0.727. The van der Waals surface area contributed by atoms with E-state index in [0.717, 1.165) is 31.8 Å². The highest BCUT2D eigenvalue weighted by Gasteiger charge is 2.12. The summed E-state index contributed by atoms with van der Waals surface area (Å²) < 4.78 is 5.54. The minimum absolute atomic E-state index is 0.187. The van der Waals surface area contributed by atoms with Crippen LogP contribution in [0, 0.1) is 0 Å². The molecule has 4 heteroatoms. The van der Waals surface area contributed by atoms with Crippen LogP contribution in [-0.2, 0) is 4.74 Å². The van der Waals surface area contributed by atoms with E-state index in [9.17, 15) is 0 Å². The highest BCUT2D eigenvalue weighted by molar-refractivity contribution is 4.95. The Morgan fingerprint density at radius 3 is 2.93 bits per heavy atom. The third kappa shape index (κ3) is 4.44. The van der Waals surface area contributed by atoms with Crippen LogP contribution in [0.2, 0.25) is 0 Å². The van der Waals surface area contributed by atoms with Crippen LogP contribution in [0.25, 0.3) is 0 Å². The van der Waals surface area contributed by atoms with Crippen molar-refractivity contribution in [1.29, 1.82) is 0 Å². The molecule has 1 atom stereocenters. The monoisotopic (exact) mass is 211 g/mol. The zero-order chi connectivity index (χ0) is 10.9. The van der Waals surface area contributed by atoms with Crippen molar-refractivity contribution in [2.75, 3.05) is 19.8 Å². The highest BCUT2D eigenvalue weighted by atomic mass is 16.5. The van der Waals surface area contributed by atoms with Crippen LogP contribution in [0.4, 0.5) is 0 Å². The Morgan fingerprint density at radius 2 is 2.33 bits per heavy atom. The van der Waals surface area contributed by atoms with Gasteiger partial charge in [0.05, 0.1) is 12.6 Å². The molecule has 1 aromatic heterocycles. The lowest BCUT2D eigenvalue weighted by Crippen LogP contribution is -2.27. The first kappa shape index (κ1) is 12.2. The second-order valence-electron chi connectivity index (χ2n) is 3.56. The van der Waals surface area contributed by atoms with Gasteiger partial charge in [0.25, 0.3) is 0 Å². The molecule has 1 heterocycles. The Hall–Kier alpha value is -0.870. The Kier molecular flexibility index (Phi) is 6.04. The summed E-state index contributed by atoms with van der Waals surface area (Å²) in [5.41, 5.74) is 0. The number of hydrogen-bond donors (Lipinski definition) is 2. The molecular formula is C11H21N3O. The summed E-state index contributed by atoms with van der Waals surface area (Å²) in [5, 5.41) is 3.41. The molecule has 0 aliphatic heterocycles. The van der Waals surface area contributed by atoms with Gasteiger partial charge in [0, 0.05) is 19.0 Å². The SMILES string of the molecule is CCCNC(COCCC)c1ncc[nH]1. The molecule has 1 rings (SSSR count). The zero-order valence-corrected chi connectivity index (χ0v) is 9.62. The summed E-state index contributed by atoms with van der Waals surface area (Å²) in [6.45, 7) is 6.74. The third-order valence-electron chi connectivity index (χ3n) is 2.12. The Labute approximate surface area is 91.4 Å². The number of nitrogens with one attached hydrogen (secondary N) is 2. The molecule has 0 aliphatic carbocycles. The van der Waals surface area contributed by atoms with Crippen LogP contribution in [0.3, 0.4) is 0 Å². The van der Waals surface area contributed by atoms with E-state index in [2.05, 4.69) is 29.1 Å². The number of ether oxygens (including phenoxy) is 1. The van der Waals surface area contributed by atoms with Crippen molar-refractivity contribution in [2.45, 2.75) is 32.7 Å². The van der Waals surface area contributed by atoms with Crippen molar-refractivity contribution in [3.05, 3.63) is 18.2 Å². The second-order valence-corrected chi connectivity index (χ2v) is 3.56. The first-order chi connectivity index (χ1) is 7.38. The van der Waals surface area contributed by atoms with Crippen molar-refractivity contribution in [3.63, 3.8) is 0 Å². The largest absolute Gasteiger partial charge is 0.379 e. The maximum atomic E-state index is 5.54. The van der Waals surface area contributed by atoms with Gasteiger partial charge in [-0.1, -0.05) is 13.8 Å². The topological polar surface area (TPSA) is 49.9 Å². The molecule has 0 bridgehead atoms. The first-order valence-corrected chi connectivity index (χ1v) is 5.68. The van der Waals surface area contributed by atoms with Crippen LogP contribution in [0.15, 0.2) is 12.4 Å². The molecule has 1 aromatic rings. The molecule has 2 N–H and O–H groups in total. The number of H-pyrrole nitrogens is 1. The summed E-state index contributed by atoms with van der Waals surface area (Å²) in [5.74, 6) is 0.958. The summed E-state index contributed by atoms with van der Waals surface area (Å²) in [6, 6.07) is 0.187. The Morgan fingerprint density at radius 1 is 1.47 bits per heavy atom. The highest BCUT2D eigenvalue weighted by Crippen LogP contribution is 2.07. The molecule has 0 aromatic carbocycles. The average Bonchev–Trinajstić information content (AvgIpc) is 2.76. The van der Waals surface area contributed by atoms with E-state index in [1.807, 2.05) is 6.20 Å². The van der Waals surface area contributed by atoms with Crippen molar-refractivity contribution in [2.24, 2.45) is 0 Å². The van der Waals surface area contributed by atoms with Crippen molar-refractivity contribution in [1.82, 2.24) is 15.3 Å². The molecule has 1 unspecified atom stereocenters. The van der Waals surface area contributed by atoms with Crippen LogP contribution >= 0.6 is 0 Å². The van der Waals surface area contributed by atoms with Gasteiger partial charge in [-0.05, 0) is 19.4 Å². The maximum Gasteiger partial charge on any atom is 0.125 e. The lowest BCUT2D eigenvalue weighted by atomic mass is 10.3. The van der Waals surface area contributed by atoms with Crippen molar-refractivity contribution in [3.8, 4) is 0 Å². The van der Waals surface area contributed by atoms with E-state index in [1.54, 1.807) is 6.20 Å². The van der Waals surface area contributed by atoms with Gasteiger partial charge in [-0.3, -0.25) is 0 Å². The normalized spacial score (nSPS) is 12.9. The smallest absolute Gasteiger partial charge is 0.125 e. The molecule has 0 fully saturated rings. The van der Waals surface area contributed by atoms with Gasteiger partial charge in [-0.15, -0.1) is 0 Å². The van der Waals surface area contributed by atoms with E-state index in [-0.39, 0.29) is 6.04 Å². The van der Waals surface area contributed by atoms with Gasteiger partial charge in [0.2, 0.25) is 0 Å². The molecule has 0 saturated carbocycles. The number of aromatic amines is 1. The first-order valence-electron chi connectivity index (χ1n) is 5.68. The van der Waals surface area contributed by atoms with E-state index in [1.165, 1.54) is 0 Å². The fourth-order valence-electron chi connectivity index (χ4n) is 1.37. The predicted molar refractivity (Wildman–Crippen MR) is 60.7 cm³/mol. The summed E-state index contributed by atoms with van der Waals surface area (Å²) in [6.07, 6.45) is 5.79. The summed E-state index contributed by atoms with van der Waals surface area (Å²) in [7, 11) is 0. The molecule has 86 valence electrons. The predicted octanol–water partition coefficient (Wildman–Crippen LogP) is 1.88. The molecule has 0 spiro atoms. The van der Waals surface area contributed by atoms with E-state index >= 15 is 0 Å². The third-order valence-corrected chi connectivity index (χ3v) is 2.12. The number of rotatable bonds is 8. The van der Waals surface area contributed by atoms with E-state index in [0.29, 0.717) is 6.61 Å². The lowest BCUT2D eigenvalue weighted by molar-refractivity contribution is 0.110. The van der Waals surface area contributed by atoms with E-state index in [4.69, 9.17) is 4.74 Å². The minimum atomic E-state index is 0.187. The van der Waals surface area contributed by atoms with Gasteiger partial charge in [-0.2, -0.15) is 0 Å². The molecular weight excluding hydrogens is 190 g/mol. The van der Waals surface area contributed by atoms with Gasteiger partial charge in [0.1, 0.15) is 5.82 Å². The molecule has 15 heavy (non-hydrogen) atoms. The van der Waals surface area contributed by atoms with Crippen molar-refractivity contribution < 1.29 is 4.74 Å². The standard InChI is InChI=1S/C11H21N3O/c1-3-5-12-10(9-15-8-4-2)11-13-6-7-14-11/h6-7,10,12H,3-5,8-9H2,1-2H3,(H,13,14). The minimum Gasteiger partial charge on any atom is -0.379 e. The van der Waals surface area contributed by atoms with Crippen LogP contribution < -0.4 is 5.32 Å². The summed E-state index contributed by atoms with van der Waals surface area (Å²) >= 11 is 0. The van der Waals surface area contributed by atoms with E-state index < -0.39 is 0 Å². The molecule has 0 radical (unpaired) electrons. The molecule has 0 saturated heterocycles. The Balaban J connectivity index is 2.39. The van der Waals surface area contributed by atoms with Gasteiger partial charge in [-0.25, -0.2) is 4.98 Å². The molecule has 4 nitrogen and oxygen atoms in total. The van der Waals surface area contributed by atoms with Crippen LogP contribution in [-0.4, -0.2) is 29.7 Å². The fourth-order valence-corrected chi connectivity index (χ4v) is 1.37. The maximum absolute atomic E-state index is 5.54. The molecule has 0 amide bonds. The van der Waals surface area contributed by atoms with Gasteiger partial charge >= 0.3 is 0 Å². The van der Waals surface area contributed by atoms with Gasteiger partial charge < -0.3 is 15.0 Å². The Bertz CT molecular complexity index is 236. The quantitative estimate of drug-likeness (QED) is 0.645. The van der Waals surface area contributed by atoms with Gasteiger partial charge in [0.15, 0.2) is 0 Å². The average molecular weight is 211 g/mol.